The van der Waals surface area contributed by atoms with Crippen molar-refractivity contribution in [2.45, 2.75) is 26.7 Å². The lowest BCUT2D eigenvalue weighted by molar-refractivity contribution is -0.176. The summed E-state index contributed by atoms with van der Waals surface area (Å²) in [5, 5.41) is 0. The van der Waals surface area contributed by atoms with Crippen LogP contribution in [0.1, 0.15) is 26.7 Å². The summed E-state index contributed by atoms with van der Waals surface area (Å²) >= 11 is 2.21. The number of halogens is 1. The van der Waals surface area contributed by atoms with Gasteiger partial charge in [0.2, 0.25) is 0 Å². The molecule has 0 saturated heterocycles. The molecule has 0 aliphatic heterocycles. The standard InChI is InChI=1S/C13H19IO4/c1-3-17-11(15)13(12(16)18-4-2)8-6-5-7-10(13)9-14/h5-6,10H,3-4,7-9H2,1-2H3. The summed E-state index contributed by atoms with van der Waals surface area (Å²) in [5.74, 6) is -0.954. The summed E-state index contributed by atoms with van der Waals surface area (Å²) in [6.45, 7) is 4.04. The third-order valence-electron chi connectivity index (χ3n) is 3.19. The number of allylic oxidation sites excluding steroid dienone is 2. The highest BCUT2D eigenvalue weighted by atomic mass is 127. The Labute approximate surface area is 121 Å². The van der Waals surface area contributed by atoms with Gasteiger partial charge in [0.25, 0.3) is 0 Å². The first-order valence-corrected chi connectivity index (χ1v) is 7.71. The Morgan fingerprint density at radius 2 is 1.78 bits per heavy atom. The molecule has 1 aliphatic rings. The summed E-state index contributed by atoms with van der Waals surface area (Å²) in [4.78, 5) is 24.5. The van der Waals surface area contributed by atoms with E-state index < -0.39 is 17.4 Å². The molecule has 4 nitrogen and oxygen atoms in total. The molecule has 18 heavy (non-hydrogen) atoms. The van der Waals surface area contributed by atoms with Gasteiger partial charge in [0.05, 0.1) is 13.2 Å². The molecule has 102 valence electrons. The molecule has 0 heterocycles. The largest absolute Gasteiger partial charge is 0.465 e. The lowest BCUT2D eigenvalue weighted by atomic mass is 9.69. The van der Waals surface area contributed by atoms with Crippen molar-refractivity contribution in [3.8, 4) is 0 Å². The first-order chi connectivity index (χ1) is 8.63. The number of esters is 2. The van der Waals surface area contributed by atoms with Crippen molar-refractivity contribution in [1.29, 1.82) is 0 Å². The topological polar surface area (TPSA) is 52.6 Å². The van der Waals surface area contributed by atoms with Crippen molar-refractivity contribution in [3.63, 3.8) is 0 Å². The average Bonchev–Trinajstić information content (AvgIpc) is 2.38. The van der Waals surface area contributed by atoms with Crippen LogP contribution in [-0.4, -0.2) is 29.6 Å². The van der Waals surface area contributed by atoms with E-state index >= 15 is 0 Å². The van der Waals surface area contributed by atoms with E-state index in [1.165, 1.54) is 0 Å². The molecule has 1 aliphatic carbocycles. The fourth-order valence-corrected chi connectivity index (χ4v) is 3.31. The minimum atomic E-state index is -1.15. The van der Waals surface area contributed by atoms with Gasteiger partial charge in [-0.25, -0.2) is 0 Å². The zero-order valence-corrected chi connectivity index (χ0v) is 12.9. The van der Waals surface area contributed by atoms with Crippen molar-refractivity contribution in [3.05, 3.63) is 12.2 Å². The Morgan fingerprint density at radius 3 is 2.22 bits per heavy atom. The van der Waals surface area contributed by atoms with Gasteiger partial charge in [-0.1, -0.05) is 34.7 Å². The third kappa shape index (κ3) is 2.87. The number of hydrogen-bond donors (Lipinski definition) is 0. The molecule has 0 bridgehead atoms. The summed E-state index contributed by atoms with van der Waals surface area (Å²) in [5.41, 5.74) is -1.15. The van der Waals surface area contributed by atoms with Gasteiger partial charge < -0.3 is 9.47 Å². The van der Waals surface area contributed by atoms with Crippen LogP contribution >= 0.6 is 22.6 Å². The van der Waals surface area contributed by atoms with E-state index in [4.69, 9.17) is 9.47 Å². The lowest BCUT2D eigenvalue weighted by Crippen LogP contribution is -2.49. The zero-order valence-electron chi connectivity index (χ0n) is 10.8. The van der Waals surface area contributed by atoms with Crippen LogP contribution in [0, 0.1) is 11.3 Å². The van der Waals surface area contributed by atoms with E-state index in [9.17, 15) is 9.59 Å². The molecule has 0 aromatic heterocycles. The second kappa shape index (κ2) is 7.11. The van der Waals surface area contributed by atoms with Crippen LogP contribution in [0.2, 0.25) is 0 Å². The minimum absolute atomic E-state index is 0.0544. The van der Waals surface area contributed by atoms with Crippen molar-refractivity contribution in [2.24, 2.45) is 11.3 Å². The normalized spacial score (nSPS) is 21.4. The van der Waals surface area contributed by atoms with E-state index in [1.54, 1.807) is 13.8 Å². The van der Waals surface area contributed by atoms with Crippen LogP contribution in [0.5, 0.6) is 0 Å². The summed E-state index contributed by atoms with van der Waals surface area (Å²) in [6.07, 6.45) is 4.97. The summed E-state index contributed by atoms with van der Waals surface area (Å²) < 4.78 is 10.9. The SMILES string of the molecule is CCOC(=O)C1(C(=O)OCC)CC=CCC1CI. The van der Waals surface area contributed by atoms with E-state index in [-0.39, 0.29) is 19.1 Å². The Kier molecular flexibility index (Phi) is 6.11. The van der Waals surface area contributed by atoms with E-state index in [2.05, 4.69) is 22.6 Å². The monoisotopic (exact) mass is 366 g/mol. The number of carbonyl (C=O) groups excluding carboxylic acids is 2. The third-order valence-corrected chi connectivity index (χ3v) is 4.25. The maximum atomic E-state index is 12.2. The molecule has 0 spiro atoms. The van der Waals surface area contributed by atoms with Crippen LogP contribution < -0.4 is 0 Å². The molecule has 0 fully saturated rings. The average molecular weight is 366 g/mol. The number of rotatable bonds is 5. The second-order valence-corrected chi connectivity index (χ2v) is 5.06. The predicted octanol–water partition coefficient (Wildman–Crippen LogP) is 2.50. The molecule has 0 amide bonds. The number of hydrogen-bond acceptors (Lipinski definition) is 4. The van der Waals surface area contributed by atoms with Crippen LogP contribution in [0.15, 0.2) is 12.2 Å². The van der Waals surface area contributed by atoms with Gasteiger partial charge in [-0.15, -0.1) is 0 Å². The minimum Gasteiger partial charge on any atom is -0.465 e. The van der Waals surface area contributed by atoms with Crippen LogP contribution in [-0.2, 0) is 19.1 Å². The number of alkyl halides is 1. The summed E-state index contributed by atoms with van der Waals surface area (Å²) in [7, 11) is 0. The fraction of sp³-hybridized carbons (Fsp3) is 0.692. The van der Waals surface area contributed by atoms with Gasteiger partial charge in [0, 0.05) is 4.43 Å². The molecule has 0 aromatic carbocycles. The van der Waals surface area contributed by atoms with Gasteiger partial charge >= 0.3 is 11.9 Å². The van der Waals surface area contributed by atoms with Crippen LogP contribution in [0.25, 0.3) is 0 Å². The van der Waals surface area contributed by atoms with Gasteiger partial charge in [0.1, 0.15) is 0 Å². The molecule has 0 radical (unpaired) electrons. The first-order valence-electron chi connectivity index (χ1n) is 6.18. The molecule has 0 N–H and O–H groups in total. The molecule has 1 rings (SSSR count). The molecule has 1 atom stereocenters. The maximum absolute atomic E-state index is 12.2. The molecular formula is C13H19IO4. The molecule has 0 aromatic rings. The van der Waals surface area contributed by atoms with Crippen LogP contribution in [0.3, 0.4) is 0 Å². The second-order valence-electron chi connectivity index (χ2n) is 4.17. The molecule has 1 unspecified atom stereocenters. The van der Waals surface area contributed by atoms with Crippen molar-refractivity contribution < 1.29 is 19.1 Å². The molecule has 5 heteroatoms. The Balaban J connectivity index is 3.10. The fourth-order valence-electron chi connectivity index (χ4n) is 2.20. The number of ether oxygens (including phenoxy) is 2. The highest BCUT2D eigenvalue weighted by Crippen LogP contribution is 2.41. The Hall–Kier alpha value is -0.590. The smallest absolute Gasteiger partial charge is 0.324 e. The lowest BCUT2D eigenvalue weighted by Gasteiger charge is -2.36. The van der Waals surface area contributed by atoms with Crippen molar-refractivity contribution in [1.82, 2.24) is 0 Å². The van der Waals surface area contributed by atoms with E-state index in [1.807, 2.05) is 12.2 Å². The van der Waals surface area contributed by atoms with Crippen LogP contribution in [0.4, 0.5) is 0 Å². The first kappa shape index (κ1) is 15.5. The van der Waals surface area contributed by atoms with Gasteiger partial charge in [-0.2, -0.15) is 0 Å². The highest BCUT2D eigenvalue weighted by molar-refractivity contribution is 14.1. The Morgan fingerprint density at radius 1 is 1.22 bits per heavy atom. The van der Waals surface area contributed by atoms with Gasteiger partial charge in [-0.3, -0.25) is 9.59 Å². The predicted molar refractivity (Wildman–Crippen MR) is 76.5 cm³/mol. The van der Waals surface area contributed by atoms with Gasteiger partial charge in [0.15, 0.2) is 5.41 Å². The Bertz CT molecular complexity index is 320. The quantitative estimate of drug-likeness (QED) is 0.247. The summed E-state index contributed by atoms with van der Waals surface area (Å²) in [6, 6.07) is 0. The van der Waals surface area contributed by atoms with E-state index in [0.29, 0.717) is 12.8 Å². The van der Waals surface area contributed by atoms with Crippen molar-refractivity contribution in [2.75, 3.05) is 17.6 Å². The van der Waals surface area contributed by atoms with Crippen molar-refractivity contribution >= 4 is 34.5 Å². The maximum Gasteiger partial charge on any atom is 0.324 e. The van der Waals surface area contributed by atoms with Gasteiger partial charge in [-0.05, 0) is 32.6 Å². The molecular weight excluding hydrogens is 347 g/mol. The highest BCUT2D eigenvalue weighted by Gasteiger charge is 2.54. The zero-order chi connectivity index (χ0) is 13.6. The molecule has 0 saturated carbocycles. The number of carbonyl (C=O) groups is 2. The van der Waals surface area contributed by atoms with E-state index in [0.717, 1.165) is 4.43 Å².